The van der Waals surface area contributed by atoms with Gasteiger partial charge in [0.25, 0.3) is 0 Å². The van der Waals surface area contributed by atoms with Crippen molar-refractivity contribution in [3.63, 3.8) is 0 Å². The van der Waals surface area contributed by atoms with Crippen LogP contribution in [0, 0.1) is 5.92 Å². The number of aliphatic hydroxyl groups is 1. The van der Waals surface area contributed by atoms with E-state index < -0.39 is 0 Å². The standard InChI is InChI=1S/C24H36INO3/c1-20(14-16-25)24(26(3)23(28)13-9-4-5-10-17-27)21(2)15-18-29-19-22-11-7-6-8-12-22/h6-8,11-12,14-16,20,24,27H,4-5,9-10,13,17-19H2,1-3H3/b16-14+,21-15+/t20-,24?/m0/s1. The predicted molar refractivity (Wildman–Crippen MR) is 129 cm³/mol. The van der Waals surface area contributed by atoms with Gasteiger partial charge in [0, 0.05) is 20.1 Å². The minimum atomic E-state index is 0.0197. The van der Waals surface area contributed by atoms with Crippen molar-refractivity contribution in [3.05, 3.63) is 57.7 Å². The summed E-state index contributed by atoms with van der Waals surface area (Å²) in [4.78, 5) is 14.6. The van der Waals surface area contributed by atoms with Crippen LogP contribution in [-0.4, -0.2) is 42.2 Å². The summed E-state index contributed by atoms with van der Waals surface area (Å²) in [5.41, 5.74) is 2.31. The molecule has 0 heterocycles. The third-order valence-electron chi connectivity index (χ3n) is 5.08. The molecule has 0 saturated carbocycles. The molecule has 0 aliphatic heterocycles. The van der Waals surface area contributed by atoms with Crippen molar-refractivity contribution in [3.8, 4) is 0 Å². The van der Waals surface area contributed by atoms with Crippen molar-refractivity contribution < 1.29 is 14.6 Å². The summed E-state index contributed by atoms with van der Waals surface area (Å²) < 4.78 is 7.82. The van der Waals surface area contributed by atoms with Gasteiger partial charge in [-0.05, 0) is 35.3 Å². The van der Waals surface area contributed by atoms with Crippen molar-refractivity contribution in [2.45, 2.75) is 58.6 Å². The molecule has 1 aromatic carbocycles. The quantitative estimate of drug-likeness (QED) is 0.203. The van der Waals surface area contributed by atoms with Gasteiger partial charge in [-0.3, -0.25) is 4.79 Å². The molecule has 4 nitrogen and oxygen atoms in total. The molecule has 1 amide bonds. The minimum absolute atomic E-state index is 0.0197. The van der Waals surface area contributed by atoms with E-state index in [1.54, 1.807) is 0 Å². The number of carbonyl (C=O) groups excluding carboxylic acids is 1. The van der Waals surface area contributed by atoms with Gasteiger partial charge in [-0.1, -0.05) is 90.4 Å². The van der Waals surface area contributed by atoms with Gasteiger partial charge in [0.15, 0.2) is 0 Å². The predicted octanol–water partition coefficient (Wildman–Crippen LogP) is 5.50. The van der Waals surface area contributed by atoms with Gasteiger partial charge >= 0.3 is 0 Å². The lowest BCUT2D eigenvalue weighted by Gasteiger charge is -2.33. The van der Waals surface area contributed by atoms with Crippen LogP contribution in [0.2, 0.25) is 0 Å². The molecule has 162 valence electrons. The Labute approximate surface area is 190 Å². The molecule has 0 aliphatic carbocycles. The highest BCUT2D eigenvalue weighted by Gasteiger charge is 2.25. The van der Waals surface area contributed by atoms with E-state index in [2.05, 4.69) is 60.7 Å². The maximum Gasteiger partial charge on any atom is 0.222 e. The Morgan fingerprint density at radius 3 is 2.55 bits per heavy atom. The molecular formula is C24H36INO3. The molecular weight excluding hydrogens is 477 g/mol. The Morgan fingerprint density at radius 1 is 1.21 bits per heavy atom. The number of carbonyl (C=O) groups is 1. The summed E-state index contributed by atoms with van der Waals surface area (Å²) in [6.07, 6.45) is 8.43. The van der Waals surface area contributed by atoms with E-state index in [-0.39, 0.29) is 24.5 Å². The van der Waals surface area contributed by atoms with Crippen molar-refractivity contribution in [2.75, 3.05) is 20.3 Å². The van der Waals surface area contributed by atoms with Crippen LogP contribution >= 0.6 is 22.6 Å². The van der Waals surface area contributed by atoms with E-state index in [0.717, 1.165) is 36.8 Å². The number of amides is 1. The molecule has 5 heteroatoms. The highest BCUT2D eigenvalue weighted by Crippen LogP contribution is 2.22. The molecule has 0 spiro atoms. The maximum absolute atomic E-state index is 12.7. The summed E-state index contributed by atoms with van der Waals surface area (Å²) in [7, 11) is 1.90. The molecule has 1 unspecified atom stereocenters. The molecule has 0 aliphatic rings. The van der Waals surface area contributed by atoms with Gasteiger partial charge in [0.05, 0.1) is 19.3 Å². The highest BCUT2D eigenvalue weighted by molar-refractivity contribution is 14.1. The summed E-state index contributed by atoms with van der Waals surface area (Å²) >= 11 is 2.23. The zero-order chi connectivity index (χ0) is 21.5. The lowest BCUT2D eigenvalue weighted by molar-refractivity contribution is -0.132. The second-order valence-electron chi connectivity index (χ2n) is 7.46. The molecule has 0 saturated heterocycles. The molecule has 0 fully saturated rings. The number of hydrogen-bond acceptors (Lipinski definition) is 3. The van der Waals surface area contributed by atoms with Crippen LogP contribution in [0.1, 0.15) is 51.5 Å². The van der Waals surface area contributed by atoms with Gasteiger partial charge in [-0.25, -0.2) is 0 Å². The Balaban J connectivity index is 2.65. The van der Waals surface area contributed by atoms with E-state index in [0.29, 0.717) is 19.6 Å². The Bertz CT molecular complexity index is 630. The Morgan fingerprint density at radius 2 is 1.90 bits per heavy atom. The summed E-state index contributed by atoms with van der Waals surface area (Å²) in [6, 6.07) is 10.2. The smallest absolute Gasteiger partial charge is 0.222 e. The van der Waals surface area contributed by atoms with Gasteiger partial charge in [0.2, 0.25) is 5.91 Å². The molecule has 0 bridgehead atoms. The number of rotatable bonds is 14. The molecule has 0 aromatic heterocycles. The second kappa shape index (κ2) is 15.6. The van der Waals surface area contributed by atoms with Crippen LogP contribution in [0.15, 0.2) is 52.1 Å². The van der Waals surface area contributed by atoms with Gasteiger partial charge in [-0.15, -0.1) is 0 Å². The number of ether oxygens (including phenoxy) is 1. The number of nitrogens with zero attached hydrogens (tertiary/aromatic N) is 1. The third-order valence-corrected chi connectivity index (χ3v) is 5.50. The largest absolute Gasteiger partial charge is 0.396 e. The first-order valence-corrected chi connectivity index (χ1v) is 11.7. The van der Waals surface area contributed by atoms with Crippen molar-refractivity contribution in [1.29, 1.82) is 0 Å². The van der Waals surface area contributed by atoms with Crippen LogP contribution in [0.4, 0.5) is 0 Å². The normalized spacial score (nSPS) is 14.2. The van der Waals surface area contributed by atoms with Gasteiger partial charge in [0.1, 0.15) is 0 Å². The summed E-state index contributed by atoms with van der Waals surface area (Å²) in [5.74, 6) is 0.395. The van der Waals surface area contributed by atoms with E-state index in [4.69, 9.17) is 9.84 Å². The topological polar surface area (TPSA) is 49.8 Å². The first-order chi connectivity index (χ1) is 14.0. The number of benzene rings is 1. The van der Waals surface area contributed by atoms with E-state index in [1.807, 2.05) is 34.2 Å². The fourth-order valence-electron chi connectivity index (χ4n) is 3.43. The average Bonchev–Trinajstić information content (AvgIpc) is 2.72. The fraction of sp³-hybridized carbons (Fsp3) is 0.542. The number of unbranched alkanes of at least 4 members (excludes halogenated alkanes) is 3. The molecule has 29 heavy (non-hydrogen) atoms. The van der Waals surface area contributed by atoms with E-state index >= 15 is 0 Å². The minimum Gasteiger partial charge on any atom is -0.396 e. The van der Waals surface area contributed by atoms with Crippen LogP contribution in [0.3, 0.4) is 0 Å². The van der Waals surface area contributed by atoms with E-state index in [9.17, 15) is 4.79 Å². The van der Waals surface area contributed by atoms with Crippen molar-refractivity contribution in [1.82, 2.24) is 4.90 Å². The summed E-state index contributed by atoms with van der Waals surface area (Å²) in [5, 5.41) is 8.86. The third kappa shape index (κ3) is 10.4. The molecule has 1 aromatic rings. The van der Waals surface area contributed by atoms with E-state index in [1.165, 1.54) is 0 Å². The van der Waals surface area contributed by atoms with Crippen LogP contribution < -0.4 is 0 Å². The number of halogens is 1. The number of hydrogen-bond donors (Lipinski definition) is 1. The molecule has 2 atom stereocenters. The number of aliphatic hydroxyl groups excluding tert-OH is 1. The summed E-state index contributed by atoms with van der Waals surface area (Å²) in [6.45, 7) is 5.57. The van der Waals surface area contributed by atoms with Crippen LogP contribution in [0.5, 0.6) is 0 Å². The average molecular weight is 513 g/mol. The SMILES string of the molecule is C/C(=C\COCc1ccccc1)C([C@@H](C)/C=C/I)N(C)C(=O)CCCCCCO. The number of likely N-dealkylation sites (N-methyl/N-ethyl adjacent to an activating group) is 1. The zero-order valence-corrected chi connectivity index (χ0v) is 20.2. The lowest BCUT2D eigenvalue weighted by atomic mass is 9.93. The molecule has 0 radical (unpaired) electrons. The zero-order valence-electron chi connectivity index (χ0n) is 18.0. The molecule has 1 rings (SSSR count). The highest BCUT2D eigenvalue weighted by atomic mass is 127. The Kier molecular flexibility index (Phi) is 13.9. The maximum atomic E-state index is 12.7. The monoisotopic (exact) mass is 513 g/mol. The van der Waals surface area contributed by atoms with Crippen LogP contribution in [-0.2, 0) is 16.1 Å². The van der Waals surface area contributed by atoms with Crippen LogP contribution in [0.25, 0.3) is 0 Å². The van der Waals surface area contributed by atoms with Gasteiger partial charge in [-0.2, -0.15) is 0 Å². The molecule has 1 N–H and O–H groups in total. The van der Waals surface area contributed by atoms with Crippen molar-refractivity contribution in [2.24, 2.45) is 5.92 Å². The van der Waals surface area contributed by atoms with Gasteiger partial charge < -0.3 is 14.7 Å². The first kappa shape index (κ1) is 25.9. The van der Waals surface area contributed by atoms with Crippen molar-refractivity contribution >= 4 is 28.5 Å². The second-order valence-corrected chi connectivity index (χ2v) is 8.18. The Hall–Kier alpha value is -1.18. The first-order valence-electron chi connectivity index (χ1n) is 10.4. The fourth-order valence-corrected chi connectivity index (χ4v) is 4.08. The lowest BCUT2D eigenvalue weighted by Crippen LogP contribution is -2.41.